The maximum Gasteiger partial charge on any atom is 0.161 e. The fourth-order valence-corrected chi connectivity index (χ4v) is 7.80. The number of aromatic nitrogens is 2. The summed E-state index contributed by atoms with van der Waals surface area (Å²) in [5.41, 5.74) is 6.80. The largest absolute Gasteiger partial charge is 0.493 e. The minimum Gasteiger partial charge on any atom is -0.493 e. The summed E-state index contributed by atoms with van der Waals surface area (Å²) in [5.74, 6) is 1.96. The number of pyridine rings is 1. The van der Waals surface area contributed by atoms with Crippen LogP contribution in [0.5, 0.6) is 11.5 Å². The monoisotopic (exact) mass is 576 g/mol. The second-order valence-electron chi connectivity index (χ2n) is 11.5. The van der Waals surface area contributed by atoms with Gasteiger partial charge in [-0.15, -0.1) is 11.3 Å². The van der Waals surface area contributed by atoms with Gasteiger partial charge < -0.3 is 9.47 Å². The molecular formula is C38H28N2O2S. The fraction of sp³-hybridized carbons (Fsp3) is 0.132. The molecule has 0 radical (unpaired) electrons. The molecule has 1 saturated carbocycles. The Labute approximate surface area is 252 Å². The Morgan fingerprint density at radius 3 is 2.23 bits per heavy atom. The summed E-state index contributed by atoms with van der Waals surface area (Å²) in [6.07, 6.45) is 2.37. The zero-order valence-electron chi connectivity index (χ0n) is 23.9. The van der Waals surface area contributed by atoms with Crippen LogP contribution in [0.15, 0.2) is 103 Å². The molecule has 43 heavy (non-hydrogen) atoms. The van der Waals surface area contributed by atoms with Crippen LogP contribution in [-0.2, 0) is 0 Å². The van der Waals surface area contributed by atoms with Crippen LogP contribution in [0.1, 0.15) is 24.5 Å². The Morgan fingerprint density at radius 2 is 1.40 bits per heavy atom. The van der Waals surface area contributed by atoms with Gasteiger partial charge in [-0.05, 0) is 71.0 Å². The molecule has 0 spiro atoms. The summed E-state index contributed by atoms with van der Waals surface area (Å²) in [5, 5.41) is 12.7. The molecular weight excluding hydrogens is 548 g/mol. The van der Waals surface area contributed by atoms with Crippen molar-refractivity contribution in [3.63, 3.8) is 0 Å². The molecule has 0 bridgehead atoms. The molecule has 208 valence electrons. The van der Waals surface area contributed by atoms with E-state index in [1.165, 1.54) is 55.0 Å². The predicted octanol–water partition coefficient (Wildman–Crippen LogP) is 10.2. The second-order valence-corrected chi connectivity index (χ2v) is 12.6. The highest BCUT2D eigenvalue weighted by Gasteiger charge is 2.30. The van der Waals surface area contributed by atoms with Gasteiger partial charge in [0.15, 0.2) is 11.5 Å². The summed E-state index contributed by atoms with van der Waals surface area (Å²) < 4.78 is 16.4. The molecule has 0 atom stereocenters. The molecule has 9 rings (SSSR count). The number of ether oxygens (including phenoxy) is 2. The molecule has 0 N–H and O–H groups in total. The zero-order valence-corrected chi connectivity index (χ0v) is 24.7. The Bertz CT molecular complexity index is 2400. The maximum atomic E-state index is 5.81. The molecule has 0 aliphatic heterocycles. The van der Waals surface area contributed by atoms with E-state index in [-0.39, 0.29) is 0 Å². The number of benzene rings is 5. The van der Waals surface area contributed by atoms with Crippen molar-refractivity contribution in [3.8, 4) is 33.9 Å². The number of thiophene rings is 1. The third-order valence-electron chi connectivity index (χ3n) is 8.93. The number of fused-ring (bicyclic) bond motifs is 7. The topological polar surface area (TPSA) is 35.8 Å². The van der Waals surface area contributed by atoms with E-state index in [0.717, 1.165) is 44.6 Å². The van der Waals surface area contributed by atoms with Crippen LogP contribution in [0.2, 0.25) is 0 Å². The van der Waals surface area contributed by atoms with E-state index in [0.29, 0.717) is 5.92 Å². The smallest absolute Gasteiger partial charge is 0.161 e. The van der Waals surface area contributed by atoms with Gasteiger partial charge in [0.25, 0.3) is 0 Å². The van der Waals surface area contributed by atoms with Gasteiger partial charge >= 0.3 is 0 Å². The zero-order chi connectivity index (χ0) is 28.7. The number of hydrogen-bond acceptors (Lipinski definition) is 4. The lowest BCUT2D eigenvalue weighted by atomic mass is 9.95. The molecule has 3 aromatic heterocycles. The Hall–Kier alpha value is -4.87. The SMILES string of the molecule is COc1cc2cc(C3CC3)n3nc(-c4ccc5ccccc5c4)c(-c4ccc5c(c4)sc4ccccc45)c3c2cc1OC. The molecule has 5 heteroatoms. The van der Waals surface area contributed by atoms with Crippen LogP contribution in [0.4, 0.5) is 0 Å². The molecule has 0 saturated heterocycles. The predicted molar refractivity (Wildman–Crippen MR) is 179 cm³/mol. The van der Waals surface area contributed by atoms with Crippen molar-refractivity contribution in [2.24, 2.45) is 0 Å². The lowest BCUT2D eigenvalue weighted by Gasteiger charge is -2.13. The highest BCUT2D eigenvalue weighted by atomic mass is 32.1. The van der Waals surface area contributed by atoms with Gasteiger partial charge in [0.2, 0.25) is 0 Å². The van der Waals surface area contributed by atoms with Gasteiger partial charge in [-0.3, -0.25) is 0 Å². The van der Waals surface area contributed by atoms with E-state index in [2.05, 4.69) is 108 Å². The highest BCUT2D eigenvalue weighted by molar-refractivity contribution is 7.25. The van der Waals surface area contributed by atoms with Crippen LogP contribution < -0.4 is 9.47 Å². The van der Waals surface area contributed by atoms with Gasteiger partial charge in [-0.25, -0.2) is 4.52 Å². The number of hydrogen-bond donors (Lipinski definition) is 0. The molecule has 1 fully saturated rings. The van der Waals surface area contributed by atoms with Crippen LogP contribution in [0.25, 0.3) is 69.6 Å². The molecule has 0 amide bonds. The normalized spacial score (nSPS) is 13.5. The van der Waals surface area contributed by atoms with Gasteiger partial charge in [-0.1, -0.05) is 66.7 Å². The Morgan fingerprint density at radius 1 is 0.651 bits per heavy atom. The minimum atomic E-state index is 0.502. The van der Waals surface area contributed by atoms with Gasteiger partial charge in [0, 0.05) is 48.3 Å². The van der Waals surface area contributed by atoms with Gasteiger partial charge in [0.1, 0.15) is 5.69 Å². The van der Waals surface area contributed by atoms with Crippen LogP contribution in [0.3, 0.4) is 0 Å². The molecule has 1 aliphatic rings. The highest BCUT2D eigenvalue weighted by Crippen LogP contribution is 2.48. The molecule has 5 aromatic carbocycles. The number of nitrogens with zero attached hydrogens (tertiary/aromatic N) is 2. The number of methoxy groups -OCH3 is 2. The summed E-state index contributed by atoms with van der Waals surface area (Å²) in [4.78, 5) is 0. The average Bonchev–Trinajstić information content (AvgIpc) is 3.72. The lowest BCUT2D eigenvalue weighted by Crippen LogP contribution is -1.99. The van der Waals surface area contributed by atoms with Gasteiger partial charge in [0.05, 0.1) is 19.7 Å². The van der Waals surface area contributed by atoms with E-state index in [1.807, 2.05) is 11.3 Å². The fourth-order valence-electron chi connectivity index (χ4n) is 6.66. The summed E-state index contributed by atoms with van der Waals surface area (Å²) in [7, 11) is 3.40. The minimum absolute atomic E-state index is 0.502. The summed E-state index contributed by atoms with van der Waals surface area (Å²) in [6, 6.07) is 37.4. The molecule has 0 unspecified atom stereocenters. The molecule has 1 aliphatic carbocycles. The van der Waals surface area contributed by atoms with Crippen molar-refractivity contribution in [2.45, 2.75) is 18.8 Å². The van der Waals surface area contributed by atoms with Crippen molar-refractivity contribution in [1.82, 2.24) is 9.61 Å². The van der Waals surface area contributed by atoms with Gasteiger partial charge in [-0.2, -0.15) is 5.10 Å². The standard InChI is InChI=1S/C38H28N2O2S/c1-41-32-19-27-18-31(23-12-13-23)40-38(30(27)21-33(32)42-2)36(37(39-40)26-14-11-22-7-3-4-8-24(22)17-26)25-15-16-29-28-9-5-6-10-34(28)43-35(29)20-25/h3-11,14-21,23H,12-13H2,1-2H3. The van der Waals surface area contributed by atoms with Crippen molar-refractivity contribution in [2.75, 3.05) is 14.2 Å². The van der Waals surface area contributed by atoms with Crippen LogP contribution in [0, 0.1) is 0 Å². The van der Waals surface area contributed by atoms with Crippen LogP contribution in [-0.4, -0.2) is 23.8 Å². The van der Waals surface area contributed by atoms with E-state index < -0.39 is 0 Å². The average molecular weight is 577 g/mol. The number of rotatable bonds is 5. The van der Waals surface area contributed by atoms with E-state index >= 15 is 0 Å². The third-order valence-corrected chi connectivity index (χ3v) is 10.1. The quantitative estimate of drug-likeness (QED) is 0.204. The molecule has 3 heterocycles. The Balaban J connectivity index is 1.42. The van der Waals surface area contributed by atoms with E-state index in [4.69, 9.17) is 14.6 Å². The van der Waals surface area contributed by atoms with Crippen molar-refractivity contribution < 1.29 is 9.47 Å². The first-order valence-corrected chi connectivity index (χ1v) is 15.5. The van der Waals surface area contributed by atoms with Crippen LogP contribution >= 0.6 is 11.3 Å². The molecule has 8 aromatic rings. The van der Waals surface area contributed by atoms with Crippen molar-refractivity contribution >= 4 is 58.6 Å². The van der Waals surface area contributed by atoms with E-state index in [9.17, 15) is 0 Å². The Kier molecular flexibility index (Phi) is 5.35. The van der Waals surface area contributed by atoms with Crippen molar-refractivity contribution in [1.29, 1.82) is 0 Å². The first kappa shape index (κ1) is 24.7. The lowest BCUT2D eigenvalue weighted by molar-refractivity contribution is 0.356. The van der Waals surface area contributed by atoms with Crippen molar-refractivity contribution in [3.05, 3.63) is 109 Å². The van der Waals surface area contributed by atoms with E-state index in [1.54, 1.807) is 14.2 Å². The summed E-state index contributed by atoms with van der Waals surface area (Å²) >= 11 is 1.85. The third kappa shape index (κ3) is 3.78. The molecule has 4 nitrogen and oxygen atoms in total. The second kappa shape index (κ2) is 9.32. The summed E-state index contributed by atoms with van der Waals surface area (Å²) in [6.45, 7) is 0. The maximum absolute atomic E-state index is 5.81. The first-order chi connectivity index (χ1) is 21.2. The first-order valence-electron chi connectivity index (χ1n) is 14.7.